The molecule has 3 aromatic rings. The van der Waals surface area contributed by atoms with Crippen molar-refractivity contribution in [1.82, 2.24) is 9.97 Å². The van der Waals surface area contributed by atoms with Gasteiger partial charge in [0, 0.05) is 17.3 Å². The molecule has 8 nitrogen and oxygen atoms in total. The van der Waals surface area contributed by atoms with Gasteiger partial charge in [0.2, 0.25) is 0 Å². The number of rotatable bonds is 5. The van der Waals surface area contributed by atoms with Gasteiger partial charge in [0.25, 0.3) is 5.91 Å². The molecule has 1 heterocycles. The lowest BCUT2D eigenvalue weighted by molar-refractivity contribution is 0.102. The molecule has 0 aliphatic heterocycles. The van der Waals surface area contributed by atoms with Crippen LogP contribution < -0.4 is 25.9 Å². The molecule has 0 fully saturated rings. The Balaban J connectivity index is 1.88. The molecule has 0 atom stereocenters. The summed E-state index contributed by atoms with van der Waals surface area (Å²) in [5, 5.41) is 2.75. The topological polar surface area (TPSA) is 113 Å². The smallest absolute Gasteiger partial charge is 0.314 e. The number of aromatic nitrogens is 2. The Labute approximate surface area is 147 Å². The average Bonchev–Trinajstić information content (AvgIpc) is 2.63. The number of aromatic amines is 2. The van der Waals surface area contributed by atoms with Crippen LogP contribution in [0.5, 0.6) is 11.5 Å². The van der Waals surface area contributed by atoms with Gasteiger partial charge in [0.1, 0.15) is 0 Å². The SMILES string of the molecule is CCOc1ccc(NC(=O)c2ccc3[nH]c(=O)c(=O)[nH]c3c2)cc1OC. The van der Waals surface area contributed by atoms with E-state index in [0.717, 1.165) is 0 Å². The lowest BCUT2D eigenvalue weighted by Crippen LogP contribution is -2.29. The normalized spacial score (nSPS) is 10.5. The molecule has 0 radical (unpaired) electrons. The highest BCUT2D eigenvalue weighted by Crippen LogP contribution is 2.30. The Morgan fingerprint density at radius 3 is 2.42 bits per heavy atom. The molecular weight excluding hydrogens is 338 g/mol. The zero-order chi connectivity index (χ0) is 18.7. The molecule has 0 spiro atoms. The molecule has 134 valence electrons. The predicted molar refractivity (Wildman–Crippen MR) is 97.3 cm³/mol. The number of hydrogen-bond acceptors (Lipinski definition) is 5. The summed E-state index contributed by atoms with van der Waals surface area (Å²) in [5.74, 6) is 0.718. The number of nitrogens with one attached hydrogen (secondary N) is 3. The minimum Gasteiger partial charge on any atom is -0.493 e. The highest BCUT2D eigenvalue weighted by molar-refractivity contribution is 6.06. The van der Waals surface area contributed by atoms with Gasteiger partial charge in [-0.25, -0.2) is 0 Å². The van der Waals surface area contributed by atoms with Crippen LogP contribution in [0.3, 0.4) is 0 Å². The van der Waals surface area contributed by atoms with E-state index in [1.54, 1.807) is 30.3 Å². The third-order valence-corrected chi connectivity index (χ3v) is 3.71. The van der Waals surface area contributed by atoms with Crippen molar-refractivity contribution in [2.24, 2.45) is 0 Å². The molecule has 3 rings (SSSR count). The minimum atomic E-state index is -0.772. The Hall–Kier alpha value is -3.55. The number of anilines is 1. The third-order valence-electron chi connectivity index (χ3n) is 3.71. The van der Waals surface area contributed by atoms with Crippen molar-refractivity contribution in [2.75, 3.05) is 19.0 Å². The van der Waals surface area contributed by atoms with Gasteiger partial charge in [-0.05, 0) is 37.3 Å². The molecule has 0 saturated heterocycles. The minimum absolute atomic E-state index is 0.327. The first-order valence-electron chi connectivity index (χ1n) is 7.90. The van der Waals surface area contributed by atoms with Gasteiger partial charge in [-0.3, -0.25) is 14.4 Å². The van der Waals surface area contributed by atoms with Crippen molar-refractivity contribution in [1.29, 1.82) is 0 Å². The first-order chi connectivity index (χ1) is 12.5. The summed E-state index contributed by atoms with van der Waals surface area (Å²) >= 11 is 0. The average molecular weight is 355 g/mol. The van der Waals surface area contributed by atoms with E-state index in [0.29, 0.717) is 40.4 Å². The van der Waals surface area contributed by atoms with Gasteiger partial charge in [0.05, 0.1) is 24.8 Å². The first-order valence-corrected chi connectivity index (χ1v) is 7.90. The fourth-order valence-corrected chi connectivity index (χ4v) is 2.48. The van der Waals surface area contributed by atoms with Gasteiger partial charge in [-0.1, -0.05) is 0 Å². The van der Waals surface area contributed by atoms with Crippen LogP contribution in [0.15, 0.2) is 46.0 Å². The van der Waals surface area contributed by atoms with Gasteiger partial charge in [-0.2, -0.15) is 0 Å². The van der Waals surface area contributed by atoms with Crippen LogP contribution in [0, 0.1) is 0 Å². The predicted octanol–water partition coefficient (Wildman–Crippen LogP) is 1.88. The maximum absolute atomic E-state index is 12.5. The molecule has 0 aliphatic carbocycles. The molecule has 26 heavy (non-hydrogen) atoms. The zero-order valence-electron chi connectivity index (χ0n) is 14.2. The van der Waals surface area contributed by atoms with Gasteiger partial charge >= 0.3 is 11.1 Å². The van der Waals surface area contributed by atoms with Crippen molar-refractivity contribution in [3.8, 4) is 11.5 Å². The molecule has 8 heteroatoms. The van der Waals surface area contributed by atoms with Crippen LogP contribution in [0.25, 0.3) is 11.0 Å². The number of H-pyrrole nitrogens is 2. The lowest BCUT2D eigenvalue weighted by atomic mass is 10.1. The Morgan fingerprint density at radius 1 is 1.00 bits per heavy atom. The van der Waals surface area contributed by atoms with Crippen molar-refractivity contribution < 1.29 is 14.3 Å². The second-order valence-electron chi connectivity index (χ2n) is 5.42. The summed E-state index contributed by atoms with van der Waals surface area (Å²) in [7, 11) is 1.52. The number of hydrogen-bond donors (Lipinski definition) is 3. The van der Waals surface area contributed by atoms with Crippen molar-refractivity contribution in [2.45, 2.75) is 6.92 Å². The highest BCUT2D eigenvalue weighted by atomic mass is 16.5. The molecular formula is C18H17N3O5. The standard InChI is InChI=1S/C18H17N3O5/c1-3-26-14-7-5-11(9-15(14)25-2)19-16(22)10-4-6-12-13(8-10)21-18(24)17(23)20-12/h4-9H,3H2,1-2H3,(H,19,22)(H,20,23)(H,21,24). The van der Waals surface area contributed by atoms with E-state index in [9.17, 15) is 14.4 Å². The van der Waals surface area contributed by atoms with Crippen molar-refractivity contribution in [3.63, 3.8) is 0 Å². The summed E-state index contributed by atoms with van der Waals surface area (Å²) in [6, 6.07) is 9.67. The fourth-order valence-electron chi connectivity index (χ4n) is 2.48. The number of fused-ring (bicyclic) bond motifs is 1. The molecule has 2 aromatic carbocycles. The lowest BCUT2D eigenvalue weighted by Gasteiger charge is -2.12. The third kappa shape index (κ3) is 3.44. The Morgan fingerprint density at radius 2 is 1.73 bits per heavy atom. The summed E-state index contributed by atoms with van der Waals surface area (Å²) in [5.41, 5.74) is 0.154. The molecule has 1 aromatic heterocycles. The maximum atomic E-state index is 12.5. The van der Waals surface area contributed by atoms with E-state index in [1.165, 1.54) is 13.2 Å². The molecule has 1 amide bonds. The van der Waals surface area contributed by atoms with Crippen LogP contribution in [-0.2, 0) is 0 Å². The van der Waals surface area contributed by atoms with Crippen molar-refractivity contribution >= 4 is 22.6 Å². The van der Waals surface area contributed by atoms with Crippen LogP contribution in [-0.4, -0.2) is 29.6 Å². The van der Waals surface area contributed by atoms with Gasteiger partial charge < -0.3 is 24.8 Å². The highest BCUT2D eigenvalue weighted by Gasteiger charge is 2.11. The Kier molecular flexibility index (Phi) is 4.74. The van der Waals surface area contributed by atoms with E-state index in [2.05, 4.69) is 15.3 Å². The summed E-state index contributed by atoms with van der Waals surface area (Å²) < 4.78 is 10.7. The second-order valence-corrected chi connectivity index (χ2v) is 5.42. The second kappa shape index (κ2) is 7.14. The van der Waals surface area contributed by atoms with Crippen LogP contribution in [0.2, 0.25) is 0 Å². The van der Waals surface area contributed by atoms with Gasteiger partial charge in [0.15, 0.2) is 11.5 Å². The number of ether oxygens (including phenoxy) is 2. The van der Waals surface area contributed by atoms with Gasteiger partial charge in [-0.15, -0.1) is 0 Å². The zero-order valence-corrected chi connectivity index (χ0v) is 14.2. The quantitative estimate of drug-likeness (QED) is 0.605. The fraction of sp³-hybridized carbons (Fsp3) is 0.167. The van der Waals surface area contributed by atoms with E-state index >= 15 is 0 Å². The molecule has 0 aliphatic rings. The number of carbonyl (C=O) groups is 1. The van der Waals surface area contributed by atoms with Crippen LogP contribution in [0.1, 0.15) is 17.3 Å². The van der Waals surface area contributed by atoms with Crippen molar-refractivity contribution in [3.05, 3.63) is 62.7 Å². The maximum Gasteiger partial charge on any atom is 0.314 e. The summed E-state index contributed by atoms with van der Waals surface area (Å²) in [6.07, 6.45) is 0. The number of carbonyl (C=O) groups excluding carboxylic acids is 1. The number of methoxy groups -OCH3 is 1. The van der Waals surface area contributed by atoms with E-state index in [4.69, 9.17) is 9.47 Å². The van der Waals surface area contributed by atoms with E-state index in [1.807, 2.05) is 6.92 Å². The molecule has 3 N–H and O–H groups in total. The number of amides is 1. The summed E-state index contributed by atoms with van der Waals surface area (Å²) in [4.78, 5) is 40.1. The summed E-state index contributed by atoms with van der Waals surface area (Å²) in [6.45, 7) is 2.37. The first kappa shape index (κ1) is 17.3. The molecule has 0 bridgehead atoms. The monoisotopic (exact) mass is 355 g/mol. The molecule has 0 unspecified atom stereocenters. The van der Waals surface area contributed by atoms with Crippen LogP contribution >= 0.6 is 0 Å². The largest absolute Gasteiger partial charge is 0.493 e. The van der Waals surface area contributed by atoms with E-state index in [-0.39, 0.29) is 5.91 Å². The van der Waals surface area contributed by atoms with Crippen LogP contribution in [0.4, 0.5) is 5.69 Å². The number of benzene rings is 2. The molecule has 0 saturated carbocycles. The van der Waals surface area contributed by atoms with E-state index < -0.39 is 11.1 Å². The Bertz CT molecular complexity index is 1080.